The average Bonchev–Trinajstić information content (AvgIpc) is 2.58. The summed E-state index contributed by atoms with van der Waals surface area (Å²) in [6, 6.07) is 14.8. The Morgan fingerprint density at radius 1 is 1.00 bits per heavy atom. The molecule has 1 aromatic carbocycles. The summed E-state index contributed by atoms with van der Waals surface area (Å²) in [5, 5.41) is -0.276. The number of hydrogen-bond acceptors (Lipinski definition) is 2. The highest BCUT2D eigenvalue weighted by Crippen LogP contribution is 2.54. The van der Waals surface area contributed by atoms with Gasteiger partial charge in [0, 0.05) is 30.9 Å². The molecule has 0 radical (unpaired) electrons. The van der Waals surface area contributed by atoms with E-state index < -0.39 is 5.79 Å². The lowest BCUT2D eigenvalue weighted by Crippen LogP contribution is -2.69. The maximum Gasteiger partial charge on any atom is 0.208 e. The van der Waals surface area contributed by atoms with Crippen molar-refractivity contribution in [2.24, 2.45) is 0 Å². The lowest BCUT2D eigenvalue weighted by molar-refractivity contribution is -0.737. The molecule has 4 heteroatoms. The normalized spacial score (nSPS) is 26.7. The van der Waals surface area contributed by atoms with Crippen molar-refractivity contribution in [2.75, 3.05) is 13.2 Å². The van der Waals surface area contributed by atoms with Gasteiger partial charge in [0.2, 0.25) is 11.8 Å². The molecule has 3 atom stereocenters. The van der Waals surface area contributed by atoms with Gasteiger partial charge in [0.15, 0.2) is 17.3 Å². The number of hydrogen-bond donors (Lipinski definition) is 0. The number of ether oxygens (including phenoxy) is 2. The lowest BCUT2D eigenvalue weighted by atomic mass is 9.69. The van der Waals surface area contributed by atoms with Crippen LogP contribution in [0.15, 0.2) is 48.7 Å². The first kappa shape index (κ1) is 15.1. The molecule has 23 heavy (non-hydrogen) atoms. The molecule has 3 aliphatic rings. The van der Waals surface area contributed by atoms with Crippen LogP contribution in [0.4, 0.5) is 0 Å². The van der Waals surface area contributed by atoms with Gasteiger partial charge in [-0.1, -0.05) is 30.3 Å². The number of rotatable bonds is 4. The van der Waals surface area contributed by atoms with Crippen LogP contribution < -0.4 is 4.57 Å². The van der Waals surface area contributed by atoms with Gasteiger partial charge in [0.25, 0.3) is 0 Å². The second-order valence-electron chi connectivity index (χ2n) is 6.03. The van der Waals surface area contributed by atoms with Crippen molar-refractivity contribution < 1.29 is 14.0 Å². The van der Waals surface area contributed by atoms with Gasteiger partial charge >= 0.3 is 0 Å². The number of nitrogens with zero attached hydrogens (tertiary/aromatic N) is 1. The zero-order chi connectivity index (χ0) is 16.0. The molecule has 0 saturated heterocycles. The SMILES string of the molecule is CCOC1(OCC)C2c3ccccc3C(C1Cl)[n+]1ccccc12. The third kappa shape index (κ3) is 1.94. The molecule has 2 aliphatic heterocycles. The molecule has 3 heterocycles. The maximum absolute atomic E-state index is 6.98. The number of pyridine rings is 1. The van der Waals surface area contributed by atoms with E-state index in [0.717, 1.165) is 0 Å². The molecule has 3 unspecified atom stereocenters. The topological polar surface area (TPSA) is 22.3 Å². The number of aromatic nitrogens is 1. The van der Waals surface area contributed by atoms with Crippen LogP contribution in [0, 0.1) is 0 Å². The summed E-state index contributed by atoms with van der Waals surface area (Å²) in [5.74, 6) is -0.835. The van der Waals surface area contributed by atoms with Crippen LogP contribution in [0.2, 0.25) is 0 Å². The van der Waals surface area contributed by atoms with Gasteiger partial charge in [-0.3, -0.25) is 0 Å². The Morgan fingerprint density at radius 3 is 2.35 bits per heavy atom. The maximum atomic E-state index is 6.98. The Balaban J connectivity index is 2.01. The van der Waals surface area contributed by atoms with Gasteiger partial charge in [0.05, 0.1) is 0 Å². The number of halogens is 1. The predicted molar refractivity (Wildman–Crippen MR) is 88.7 cm³/mol. The van der Waals surface area contributed by atoms with Gasteiger partial charge in [0.1, 0.15) is 5.92 Å². The molecule has 0 saturated carbocycles. The molecule has 0 fully saturated rings. The third-order valence-corrected chi connectivity index (χ3v) is 5.49. The first-order valence-electron chi connectivity index (χ1n) is 8.25. The van der Waals surface area contributed by atoms with Crippen molar-refractivity contribution in [3.05, 3.63) is 65.5 Å². The number of benzene rings is 1. The quantitative estimate of drug-likeness (QED) is 0.487. The zero-order valence-corrected chi connectivity index (χ0v) is 14.2. The summed E-state index contributed by atoms with van der Waals surface area (Å²) in [4.78, 5) is 0. The summed E-state index contributed by atoms with van der Waals surface area (Å²) in [6.45, 7) is 5.14. The molecule has 1 aromatic heterocycles. The van der Waals surface area contributed by atoms with Gasteiger partial charge in [-0.2, -0.15) is 4.57 Å². The fourth-order valence-corrected chi connectivity index (χ4v) is 4.75. The smallest absolute Gasteiger partial charge is 0.208 e. The van der Waals surface area contributed by atoms with Crippen LogP contribution in [0.25, 0.3) is 0 Å². The minimum Gasteiger partial charge on any atom is -0.347 e. The second-order valence-corrected chi connectivity index (χ2v) is 6.50. The van der Waals surface area contributed by atoms with Crippen molar-refractivity contribution >= 4 is 11.6 Å². The number of alkyl halides is 1. The van der Waals surface area contributed by atoms with Gasteiger partial charge < -0.3 is 9.47 Å². The molecular weight excluding hydrogens is 310 g/mol. The van der Waals surface area contributed by atoms with E-state index in [2.05, 4.69) is 53.2 Å². The molecule has 0 spiro atoms. The molecule has 0 N–H and O–H groups in total. The van der Waals surface area contributed by atoms with E-state index in [9.17, 15) is 0 Å². The molecule has 120 valence electrons. The number of fused-ring (bicyclic) bond motifs is 1. The molecule has 3 nitrogen and oxygen atoms in total. The molecule has 2 aromatic rings. The monoisotopic (exact) mass is 330 g/mol. The van der Waals surface area contributed by atoms with E-state index >= 15 is 0 Å². The van der Waals surface area contributed by atoms with Crippen LogP contribution in [0.5, 0.6) is 0 Å². The van der Waals surface area contributed by atoms with E-state index in [1.54, 1.807) is 0 Å². The minimum absolute atomic E-state index is 0.0205. The Bertz CT molecular complexity index is 679. The van der Waals surface area contributed by atoms with E-state index in [-0.39, 0.29) is 17.3 Å². The molecule has 0 amide bonds. The first-order chi connectivity index (χ1) is 11.2. The molecule has 5 rings (SSSR count). The van der Waals surface area contributed by atoms with Crippen LogP contribution in [0.3, 0.4) is 0 Å². The standard InChI is InChI=1S/C19H21ClNO2/c1-3-22-19(23-4-2)16-13-9-5-6-10-14(13)17(18(19)20)21-12-8-7-11-15(16)21/h5-12,16-18H,3-4H2,1-2H3/q+1. The first-order valence-corrected chi connectivity index (χ1v) is 8.69. The Labute approximate surface area is 141 Å². The highest BCUT2D eigenvalue weighted by atomic mass is 35.5. The summed E-state index contributed by atoms with van der Waals surface area (Å²) < 4.78 is 14.7. The van der Waals surface area contributed by atoms with Crippen LogP contribution in [0.1, 0.15) is 42.6 Å². The fourth-order valence-electron chi connectivity index (χ4n) is 4.24. The Morgan fingerprint density at radius 2 is 1.65 bits per heavy atom. The fraction of sp³-hybridized carbons (Fsp3) is 0.421. The zero-order valence-electron chi connectivity index (χ0n) is 13.4. The molecule has 1 aliphatic carbocycles. The van der Waals surface area contributed by atoms with Crippen LogP contribution >= 0.6 is 11.6 Å². The average molecular weight is 331 g/mol. The largest absolute Gasteiger partial charge is 0.347 e. The third-order valence-electron chi connectivity index (χ3n) is 4.95. The van der Waals surface area contributed by atoms with Crippen LogP contribution in [-0.4, -0.2) is 24.4 Å². The predicted octanol–water partition coefficient (Wildman–Crippen LogP) is 3.40. The van der Waals surface area contributed by atoms with Gasteiger partial charge in [-0.05, 0) is 19.4 Å². The van der Waals surface area contributed by atoms with Crippen molar-refractivity contribution in [1.82, 2.24) is 0 Å². The van der Waals surface area contributed by atoms with E-state index in [0.29, 0.717) is 13.2 Å². The highest BCUT2D eigenvalue weighted by Gasteiger charge is 2.65. The van der Waals surface area contributed by atoms with Crippen molar-refractivity contribution in [3.63, 3.8) is 0 Å². The molecular formula is C19H21ClNO2+. The minimum atomic E-state index is -0.814. The lowest BCUT2D eigenvalue weighted by Gasteiger charge is -2.50. The van der Waals surface area contributed by atoms with Crippen molar-refractivity contribution in [2.45, 2.75) is 37.0 Å². The van der Waals surface area contributed by atoms with Crippen molar-refractivity contribution in [1.29, 1.82) is 0 Å². The van der Waals surface area contributed by atoms with E-state index in [1.165, 1.54) is 16.8 Å². The summed E-state index contributed by atoms with van der Waals surface area (Å²) in [5.41, 5.74) is 3.74. The van der Waals surface area contributed by atoms with Gasteiger partial charge in [-0.15, -0.1) is 11.6 Å². The Hall–Kier alpha value is -1.42. The van der Waals surface area contributed by atoms with E-state index in [4.69, 9.17) is 21.1 Å². The second kappa shape index (κ2) is 5.59. The summed E-state index contributed by atoms with van der Waals surface area (Å²) in [7, 11) is 0. The van der Waals surface area contributed by atoms with E-state index in [1.807, 2.05) is 13.8 Å². The molecule has 2 bridgehead atoms. The van der Waals surface area contributed by atoms with Gasteiger partial charge in [-0.25, -0.2) is 0 Å². The highest BCUT2D eigenvalue weighted by molar-refractivity contribution is 6.22. The summed E-state index contributed by atoms with van der Waals surface area (Å²) in [6.07, 6.45) is 2.11. The van der Waals surface area contributed by atoms with Crippen molar-refractivity contribution in [3.8, 4) is 0 Å². The Kier molecular flexibility index (Phi) is 3.67. The summed E-state index contributed by atoms with van der Waals surface area (Å²) >= 11 is 6.98. The van der Waals surface area contributed by atoms with Crippen LogP contribution in [-0.2, 0) is 9.47 Å².